The number of carbonyl (C=O) groups is 1. The second kappa shape index (κ2) is 6.80. The van der Waals surface area contributed by atoms with E-state index >= 15 is 0 Å². The minimum atomic E-state index is -0.0363. The Hall–Kier alpha value is -1.69. The van der Waals surface area contributed by atoms with Gasteiger partial charge in [0, 0.05) is 23.9 Å². The summed E-state index contributed by atoms with van der Waals surface area (Å²) in [5, 5.41) is 3.88. The Morgan fingerprint density at radius 3 is 2.88 bits per heavy atom. The Bertz CT molecular complexity index is 900. The number of hydrogen-bond donors (Lipinski definition) is 1. The van der Waals surface area contributed by atoms with E-state index < -0.39 is 0 Å². The molecule has 0 aliphatic heterocycles. The van der Waals surface area contributed by atoms with E-state index in [2.05, 4.69) is 17.2 Å². The van der Waals surface area contributed by atoms with Gasteiger partial charge >= 0.3 is 0 Å². The summed E-state index contributed by atoms with van der Waals surface area (Å²) in [4.78, 5) is 31.4. The standard InChI is InChI=1S/C20H27N3O2S/c1-11-13(3)26-19-18(11)20(25)23(10-21-19)7-6-17(24)22-12(2)16-9-14-4-5-15(16)8-14/h10,12,14-16H,4-9H2,1-3H3,(H,22,24). The fourth-order valence-corrected chi connectivity index (χ4v) is 5.98. The highest BCUT2D eigenvalue weighted by atomic mass is 32.1. The van der Waals surface area contributed by atoms with E-state index in [1.165, 1.54) is 25.7 Å². The molecule has 2 aliphatic rings. The summed E-state index contributed by atoms with van der Waals surface area (Å²) in [5.74, 6) is 2.35. The first-order valence-corrected chi connectivity index (χ1v) is 10.5. The van der Waals surface area contributed by atoms with Crippen molar-refractivity contribution in [2.24, 2.45) is 17.8 Å². The number of carbonyl (C=O) groups excluding carboxylic acids is 1. The highest BCUT2D eigenvalue weighted by Crippen LogP contribution is 2.49. The molecule has 4 unspecified atom stereocenters. The van der Waals surface area contributed by atoms with Crippen LogP contribution in [0, 0.1) is 31.6 Å². The van der Waals surface area contributed by atoms with E-state index in [1.807, 2.05) is 13.8 Å². The fourth-order valence-electron chi connectivity index (χ4n) is 4.99. The average molecular weight is 374 g/mol. The zero-order valence-corrected chi connectivity index (χ0v) is 16.6. The minimum Gasteiger partial charge on any atom is -0.353 e. The number of thiophene rings is 1. The Morgan fingerprint density at radius 2 is 2.19 bits per heavy atom. The van der Waals surface area contributed by atoms with Crippen molar-refractivity contribution in [3.05, 3.63) is 27.1 Å². The van der Waals surface area contributed by atoms with E-state index in [-0.39, 0.29) is 17.5 Å². The molecular weight excluding hydrogens is 346 g/mol. The van der Waals surface area contributed by atoms with Gasteiger partial charge in [-0.15, -0.1) is 11.3 Å². The SMILES string of the molecule is Cc1sc2ncn(CCC(=O)NC(C)C3CC4CCC3C4)c(=O)c2c1C. The lowest BCUT2D eigenvalue weighted by Gasteiger charge is -2.28. The zero-order chi connectivity index (χ0) is 18.4. The predicted molar refractivity (Wildman–Crippen MR) is 105 cm³/mol. The number of hydrogen-bond acceptors (Lipinski definition) is 4. The number of aromatic nitrogens is 2. The second-order valence-electron chi connectivity index (χ2n) is 8.15. The van der Waals surface area contributed by atoms with Crippen LogP contribution in [0.5, 0.6) is 0 Å². The van der Waals surface area contributed by atoms with Gasteiger partial charge in [0.2, 0.25) is 5.91 Å². The van der Waals surface area contributed by atoms with Crippen molar-refractivity contribution in [3.63, 3.8) is 0 Å². The Morgan fingerprint density at radius 1 is 1.38 bits per heavy atom. The maximum atomic E-state index is 12.7. The molecule has 1 amide bonds. The molecule has 1 N–H and O–H groups in total. The monoisotopic (exact) mass is 373 g/mol. The van der Waals surface area contributed by atoms with Gasteiger partial charge in [0.15, 0.2) is 0 Å². The third-order valence-electron chi connectivity index (χ3n) is 6.56. The van der Waals surface area contributed by atoms with Gasteiger partial charge in [-0.25, -0.2) is 4.98 Å². The summed E-state index contributed by atoms with van der Waals surface area (Å²) >= 11 is 1.55. The van der Waals surface area contributed by atoms with Crippen LogP contribution in [0.2, 0.25) is 0 Å². The van der Waals surface area contributed by atoms with Crippen LogP contribution in [0.1, 0.15) is 49.5 Å². The van der Waals surface area contributed by atoms with Crippen molar-refractivity contribution in [3.8, 4) is 0 Å². The van der Waals surface area contributed by atoms with Crippen LogP contribution < -0.4 is 10.9 Å². The Labute approximate surface area is 157 Å². The summed E-state index contributed by atoms with van der Waals surface area (Å²) < 4.78 is 1.57. The summed E-state index contributed by atoms with van der Waals surface area (Å²) in [6.45, 7) is 6.49. The third kappa shape index (κ3) is 3.08. The highest BCUT2D eigenvalue weighted by molar-refractivity contribution is 7.18. The Kier molecular flexibility index (Phi) is 4.63. The van der Waals surface area contributed by atoms with Crippen molar-refractivity contribution in [2.45, 2.75) is 65.5 Å². The first kappa shape index (κ1) is 17.7. The predicted octanol–water partition coefficient (Wildman–Crippen LogP) is 3.41. The van der Waals surface area contributed by atoms with Crippen LogP contribution in [0.4, 0.5) is 0 Å². The average Bonchev–Trinajstić information content (AvgIpc) is 3.30. The molecule has 0 spiro atoms. The molecule has 2 aromatic rings. The lowest BCUT2D eigenvalue weighted by molar-refractivity contribution is -0.122. The Balaban J connectivity index is 1.38. The molecule has 0 aromatic carbocycles. The van der Waals surface area contributed by atoms with Crippen molar-refractivity contribution < 1.29 is 4.79 Å². The van der Waals surface area contributed by atoms with Crippen LogP contribution in [-0.2, 0) is 11.3 Å². The topological polar surface area (TPSA) is 64.0 Å². The van der Waals surface area contributed by atoms with Gasteiger partial charge in [-0.2, -0.15) is 0 Å². The number of fused-ring (bicyclic) bond motifs is 3. The van der Waals surface area contributed by atoms with Crippen LogP contribution >= 0.6 is 11.3 Å². The molecule has 2 aliphatic carbocycles. The van der Waals surface area contributed by atoms with Gasteiger partial charge < -0.3 is 5.32 Å². The molecule has 4 rings (SSSR count). The molecule has 2 saturated carbocycles. The molecule has 2 fully saturated rings. The van der Waals surface area contributed by atoms with Gasteiger partial charge in [0.25, 0.3) is 5.56 Å². The first-order valence-electron chi connectivity index (χ1n) is 9.68. The lowest BCUT2D eigenvalue weighted by atomic mass is 9.84. The summed E-state index contributed by atoms with van der Waals surface area (Å²) in [7, 11) is 0. The fraction of sp³-hybridized carbons (Fsp3) is 0.650. The van der Waals surface area contributed by atoms with Crippen LogP contribution in [0.15, 0.2) is 11.1 Å². The van der Waals surface area contributed by atoms with E-state index in [0.717, 1.165) is 27.1 Å². The van der Waals surface area contributed by atoms with Crippen molar-refractivity contribution in [1.29, 1.82) is 0 Å². The third-order valence-corrected chi connectivity index (χ3v) is 7.67. The molecule has 2 aromatic heterocycles. The first-order chi connectivity index (χ1) is 12.4. The van der Waals surface area contributed by atoms with Crippen molar-refractivity contribution in [1.82, 2.24) is 14.9 Å². The molecule has 0 saturated heterocycles. The van der Waals surface area contributed by atoms with E-state index in [1.54, 1.807) is 22.2 Å². The molecule has 6 heteroatoms. The summed E-state index contributed by atoms with van der Waals surface area (Å²) in [6, 6.07) is 0.233. The number of nitrogens with zero attached hydrogens (tertiary/aromatic N) is 2. The summed E-state index contributed by atoms with van der Waals surface area (Å²) in [5.41, 5.74) is 0.969. The van der Waals surface area contributed by atoms with Gasteiger partial charge in [-0.1, -0.05) is 6.42 Å². The summed E-state index contributed by atoms with van der Waals surface area (Å²) in [6.07, 6.45) is 7.22. The van der Waals surface area contributed by atoms with E-state index in [0.29, 0.717) is 24.3 Å². The van der Waals surface area contributed by atoms with Crippen molar-refractivity contribution >= 4 is 27.5 Å². The number of amides is 1. The van der Waals surface area contributed by atoms with Gasteiger partial charge in [-0.05, 0) is 63.4 Å². The molecular formula is C20H27N3O2S. The minimum absolute atomic E-state index is 0.0329. The van der Waals surface area contributed by atoms with Gasteiger partial charge in [0.1, 0.15) is 4.83 Å². The highest BCUT2D eigenvalue weighted by Gasteiger charge is 2.42. The number of nitrogens with one attached hydrogen (secondary N) is 1. The maximum Gasteiger partial charge on any atom is 0.262 e. The molecule has 4 atom stereocenters. The maximum absolute atomic E-state index is 12.7. The van der Waals surface area contributed by atoms with E-state index in [4.69, 9.17) is 0 Å². The number of rotatable bonds is 5. The normalized spacial score (nSPS) is 25.7. The molecule has 140 valence electrons. The van der Waals surface area contributed by atoms with Gasteiger partial charge in [-0.3, -0.25) is 14.2 Å². The molecule has 2 heterocycles. The van der Waals surface area contributed by atoms with Crippen molar-refractivity contribution in [2.75, 3.05) is 0 Å². The quantitative estimate of drug-likeness (QED) is 0.873. The number of aryl methyl sites for hydroxylation is 3. The molecule has 0 radical (unpaired) electrons. The molecule has 26 heavy (non-hydrogen) atoms. The largest absolute Gasteiger partial charge is 0.353 e. The lowest BCUT2D eigenvalue weighted by Crippen LogP contribution is -2.40. The van der Waals surface area contributed by atoms with Crippen LogP contribution in [0.3, 0.4) is 0 Å². The second-order valence-corrected chi connectivity index (χ2v) is 9.35. The van der Waals surface area contributed by atoms with E-state index in [9.17, 15) is 9.59 Å². The molecule has 5 nitrogen and oxygen atoms in total. The smallest absolute Gasteiger partial charge is 0.262 e. The van der Waals surface area contributed by atoms with Gasteiger partial charge in [0.05, 0.1) is 11.7 Å². The van der Waals surface area contributed by atoms with Crippen LogP contribution in [-0.4, -0.2) is 21.5 Å². The zero-order valence-electron chi connectivity index (χ0n) is 15.7. The molecule has 2 bridgehead atoms. The van der Waals surface area contributed by atoms with Crippen LogP contribution in [0.25, 0.3) is 10.2 Å².